The van der Waals surface area contributed by atoms with Crippen LogP contribution >= 0.6 is 0 Å². The van der Waals surface area contributed by atoms with Gasteiger partial charge in [-0.1, -0.05) is 26.0 Å². The first-order valence-corrected chi connectivity index (χ1v) is 10.4. The van der Waals surface area contributed by atoms with Crippen molar-refractivity contribution in [1.29, 1.82) is 0 Å². The summed E-state index contributed by atoms with van der Waals surface area (Å²) in [7, 11) is 1.73. The van der Waals surface area contributed by atoms with Gasteiger partial charge in [0.25, 0.3) is 0 Å². The molecule has 0 aliphatic heterocycles. The predicted octanol–water partition coefficient (Wildman–Crippen LogP) is 1.96. The summed E-state index contributed by atoms with van der Waals surface area (Å²) in [6, 6.07) is 5.99. The van der Waals surface area contributed by atoms with Crippen LogP contribution < -0.4 is 21.7 Å². The lowest BCUT2D eigenvalue weighted by atomic mass is 9.89. The number of esters is 1. The lowest BCUT2D eigenvalue weighted by molar-refractivity contribution is -0.142. The summed E-state index contributed by atoms with van der Waals surface area (Å²) in [6.45, 7) is 5.73. The molecule has 0 unspecified atom stereocenters. The molecule has 0 bridgehead atoms. The van der Waals surface area contributed by atoms with E-state index in [2.05, 4.69) is 16.0 Å². The molecule has 1 aromatic rings. The summed E-state index contributed by atoms with van der Waals surface area (Å²) in [4.78, 5) is 47.4. The number of hydrogen-bond donors (Lipinski definition) is 4. The van der Waals surface area contributed by atoms with Gasteiger partial charge in [0.1, 0.15) is 6.61 Å². The van der Waals surface area contributed by atoms with E-state index >= 15 is 0 Å². The molecule has 0 fully saturated rings. The highest BCUT2D eigenvalue weighted by atomic mass is 16.5. The van der Waals surface area contributed by atoms with E-state index in [1.54, 1.807) is 31.3 Å². The van der Waals surface area contributed by atoms with Gasteiger partial charge in [0.15, 0.2) is 5.78 Å². The fourth-order valence-corrected chi connectivity index (χ4v) is 3.24. The minimum Gasteiger partial charge on any atom is -0.461 e. The second-order valence-corrected chi connectivity index (χ2v) is 7.78. The number of nitrogens with one attached hydrogen (secondary N) is 3. The Kier molecular flexibility index (Phi) is 11.3. The van der Waals surface area contributed by atoms with E-state index in [4.69, 9.17) is 10.5 Å². The second-order valence-electron chi connectivity index (χ2n) is 7.78. The van der Waals surface area contributed by atoms with Crippen LogP contribution in [0.4, 0.5) is 10.5 Å². The van der Waals surface area contributed by atoms with Crippen molar-refractivity contribution in [1.82, 2.24) is 10.6 Å². The van der Waals surface area contributed by atoms with E-state index < -0.39 is 11.9 Å². The topological polar surface area (TPSA) is 140 Å². The van der Waals surface area contributed by atoms with Crippen LogP contribution in [0.25, 0.3) is 0 Å². The Bertz CT molecular complexity index is 749. The van der Waals surface area contributed by atoms with Crippen LogP contribution in [-0.2, 0) is 25.7 Å². The molecule has 172 valence electrons. The Morgan fingerprint density at radius 3 is 2.26 bits per heavy atom. The number of amides is 3. The number of benzene rings is 1. The lowest BCUT2D eigenvalue weighted by Crippen LogP contribution is -2.40. The normalized spacial score (nSPS) is 12.7. The second kappa shape index (κ2) is 13.4. The number of urea groups is 1. The molecule has 3 amide bonds. The maximum absolute atomic E-state index is 12.9. The van der Waals surface area contributed by atoms with Gasteiger partial charge < -0.3 is 26.4 Å². The molecule has 0 aliphatic rings. The van der Waals surface area contributed by atoms with E-state index in [0.29, 0.717) is 25.1 Å². The van der Waals surface area contributed by atoms with Crippen LogP contribution in [0.2, 0.25) is 0 Å². The number of carbonyl (C=O) groups is 4. The molecule has 9 nitrogen and oxygen atoms in total. The van der Waals surface area contributed by atoms with E-state index in [-0.39, 0.29) is 42.6 Å². The van der Waals surface area contributed by atoms with E-state index in [1.807, 2.05) is 13.8 Å². The van der Waals surface area contributed by atoms with Gasteiger partial charge in [-0.05, 0) is 43.5 Å². The first kappa shape index (κ1) is 26.1. The zero-order valence-corrected chi connectivity index (χ0v) is 18.7. The molecule has 0 aliphatic carbocycles. The average Bonchev–Trinajstić information content (AvgIpc) is 2.69. The first-order valence-electron chi connectivity index (χ1n) is 10.4. The van der Waals surface area contributed by atoms with Crippen molar-refractivity contribution in [3.8, 4) is 0 Å². The third-order valence-corrected chi connectivity index (χ3v) is 4.84. The van der Waals surface area contributed by atoms with Crippen molar-refractivity contribution in [2.75, 3.05) is 18.9 Å². The van der Waals surface area contributed by atoms with Crippen molar-refractivity contribution in [3.05, 3.63) is 29.8 Å². The summed E-state index contributed by atoms with van der Waals surface area (Å²) >= 11 is 0. The third-order valence-electron chi connectivity index (χ3n) is 4.84. The maximum Gasteiger partial charge on any atom is 0.312 e. The van der Waals surface area contributed by atoms with Crippen LogP contribution in [0, 0.1) is 11.8 Å². The number of carbonyl (C=O) groups excluding carboxylic acids is 4. The SMILES string of the molecule is CN[C@H](C(=O)C[C@@H](CCCNC(N)=O)C(=O)Nc1ccc(COC(C)=O)cc1)C(C)C. The molecular weight excluding hydrogens is 400 g/mol. The summed E-state index contributed by atoms with van der Waals surface area (Å²) < 4.78 is 4.95. The van der Waals surface area contributed by atoms with Gasteiger partial charge in [-0.15, -0.1) is 0 Å². The highest BCUT2D eigenvalue weighted by Gasteiger charge is 2.27. The number of primary amides is 1. The number of likely N-dealkylation sites (N-methyl/N-ethyl adjacent to an activating group) is 1. The van der Waals surface area contributed by atoms with Gasteiger partial charge in [-0.2, -0.15) is 0 Å². The standard InChI is InChI=1S/C22H34N4O5/c1-14(2)20(24-4)19(28)12-17(6-5-11-25-22(23)30)21(29)26-18-9-7-16(8-10-18)13-31-15(3)27/h7-10,14,17,20,24H,5-6,11-13H2,1-4H3,(H,26,29)(H3,23,25,30)/t17-,20+/m1/s1. The molecule has 0 saturated carbocycles. The molecule has 9 heteroatoms. The van der Waals surface area contributed by atoms with E-state index in [0.717, 1.165) is 5.56 Å². The van der Waals surface area contributed by atoms with Crippen LogP contribution in [0.15, 0.2) is 24.3 Å². The number of anilines is 1. The fourth-order valence-electron chi connectivity index (χ4n) is 3.24. The van der Waals surface area contributed by atoms with Crippen LogP contribution in [-0.4, -0.2) is 43.3 Å². The first-order chi connectivity index (χ1) is 14.6. The Labute approximate surface area is 183 Å². The minimum absolute atomic E-state index is 0.0303. The molecule has 0 radical (unpaired) electrons. The molecule has 2 atom stereocenters. The van der Waals surface area contributed by atoms with Gasteiger partial charge in [0, 0.05) is 31.5 Å². The molecule has 0 spiro atoms. The van der Waals surface area contributed by atoms with Crippen molar-refractivity contribution < 1.29 is 23.9 Å². The molecule has 0 saturated heterocycles. The van der Waals surface area contributed by atoms with E-state index in [1.165, 1.54) is 6.92 Å². The Hall–Kier alpha value is -2.94. The number of nitrogens with two attached hydrogens (primary N) is 1. The monoisotopic (exact) mass is 434 g/mol. The Morgan fingerprint density at radius 1 is 1.10 bits per heavy atom. The third kappa shape index (κ3) is 10.1. The van der Waals surface area contributed by atoms with Gasteiger partial charge in [-0.3, -0.25) is 14.4 Å². The average molecular weight is 435 g/mol. The quantitative estimate of drug-likeness (QED) is 0.276. The zero-order chi connectivity index (χ0) is 23.4. The Morgan fingerprint density at radius 2 is 1.74 bits per heavy atom. The van der Waals surface area contributed by atoms with Crippen LogP contribution in [0.1, 0.15) is 45.6 Å². The lowest BCUT2D eigenvalue weighted by Gasteiger charge is -2.22. The molecule has 1 aromatic carbocycles. The van der Waals surface area contributed by atoms with Crippen molar-refractivity contribution in [2.24, 2.45) is 17.6 Å². The highest BCUT2D eigenvalue weighted by Crippen LogP contribution is 2.19. The van der Waals surface area contributed by atoms with Gasteiger partial charge >= 0.3 is 12.0 Å². The number of hydrogen-bond acceptors (Lipinski definition) is 6. The summed E-state index contributed by atoms with van der Waals surface area (Å²) in [6.07, 6.45) is 1.04. The Balaban J connectivity index is 2.80. The number of ketones is 1. The number of ether oxygens (including phenoxy) is 1. The summed E-state index contributed by atoms with van der Waals surface area (Å²) in [5.41, 5.74) is 6.45. The molecule has 0 heterocycles. The predicted molar refractivity (Wildman–Crippen MR) is 118 cm³/mol. The summed E-state index contributed by atoms with van der Waals surface area (Å²) in [5, 5.41) is 8.35. The number of Topliss-reactive ketones (excluding diaryl/α,β-unsaturated/α-hetero) is 1. The van der Waals surface area contributed by atoms with Crippen molar-refractivity contribution in [3.63, 3.8) is 0 Å². The smallest absolute Gasteiger partial charge is 0.312 e. The summed E-state index contributed by atoms with van der Waals surface area (Å²) in [5.74, 6) is -1.10. The van der Waals surface area contributed by atoms with Gasteiger partial charge in [-0.25, -0.2) is 4.79 Å². The highest BCUT2D eigenvalue weighted by molar-refractivity contribution is 5.96. The fraction of sp³-hybridized carbons (Fsp3) is 0.545. The van der Waals surface area contributed by atoms with Crippen molar-refractivity contribution >= 4 is 29.4 Å². The van der Waals surface area contributed by atoms with Gasteiger partial charge in [0.2, 0.25) is 5.91 Å². The number of rotatable bonds is 13. The van der Waals surface area contributed by atoms with Gasteiger partial charge in [0.05, 0.1) is 6.04 Å². The largest absolute Gasteiger partial charge is 0.461 e. The van der Waals surface area contributed by atoms with Crippen LogP contribution in [0.5, 0.6) is 0 Å². The minimum atomic E-state index is -0.624. The maximum atomic E-state index is 12.9. The zero-order valence-electron chi connectivity index (χ0n) is 18.7. The van der Waals surface area contributed by atoms with Crippen LogP contribution in [0.3, 0.4) is 0 Å². The van der Waals surface area contributed by atoms with Crippen molar-refractivity contribution in [2.45, 2.75) is 52.7 Å². The molecular formula is C22H34N4O5. The molecule has 31 heavy (non-hydrogen) atoms. The molecule has 0 aromatic heterocycles. The molecule has 1 rings (SSSR count). The molecule has 5 N–H and O–H groups in total. The van der Waals surface area contributed by atoms with E-state index in [9.17, 15) is 19.2 Å².